The molecule has 0 aliphatic carbocycles. The van der Waals surface area contributed by atoms with Gasteiger partial charge in [0.05, 0.1) is 12.0 Å². The van der Waals surface area contributed by atoms with Gasteiger partial charge in [-0.25, -0.2) is 8.42 Å². The summed E-state index contributed by atoms with van der Waals surface area (Å²) in [7, 11) is -2.36. The molecule has 2 rings (SSSR count). The minimum atomic E-state index is -3.74. The van der Waals surface area contributed by atoms with Crippen molar-refractivity contribution in [2.24, 2.45) is 0 Å². The molecule has 0 fully saturated rings. The van der Waals surface area contributed by atoms with E-state index in [0.717, 1.165) is 36.8 Å². The van der Waals surface area contributed by atoms with Crippen LogP contribution >= 0.6 is 0 Å². The summed E-state index contributed by atoms with van der Waals surface area (Å²) in [6.07, 6.45) is 3.78. The fourth-order valence-corrected chi connectivity index (χ4v) is 4.01. The van der Waals surface area contributed by atoms with Crippen molar-refractivity contribution < 1.29 is 22.7 Å². The van der Waals surface area contributed by atoms with Crippen LogP contribution in [0.5, 0.6) is 0 Å². The van der Waals surface area contributed by atoms with Gasteiger partial charge < -0.3 is 10.1 Å². The number of unbranched alkanes of at least 4 members (excludes halogenated alkanes) is 3. The van der Waals surface area contributed by atoms with E-state index in [2.05, 4.69) is 14.8 Å². The Morgan fingerprint density at radius 1 is 0.903 bits per heavy atom. The van der Waals surface area contributed by atoms with E-state index in [1.165, 1.54) is 31.4 Å². The van der Waals surface area contributed by atoms with Gasteiger partial charge in [0.1, 0.15) is 0 Å². The van der Waals surface area contributed by atoms with E-state index in [4.69, 9.17) is 0 Å². The summed E-state index contributed by atoms with van der Waals surface area (Å²) in [4.78, 5) is 23.4. The number of aryl methyl sites for hydroxylation is 2. The first-order valence-electron chi connectivity index (χ1n) is 10.3. The highest BCUT2D eigenvalue weighted by molar-refractivity contribution is 7.92. The van der Waals surface area contributed by atoms with Crippen molar-refractivity contribution in [1.82, 2.24) is 5.32 Å². The summed E-state index contributed by atoms with van der Waals surface area (Å²) in [6.45, 7) is 4.40. The number of carbonyl (C=O) groups is 2. The molecule has 7 nitrogen and oxygen atoms in total. The van der Waals surface area contributed by atoms with E-state index in [1.807, 2.05) is 19.9 Å². The lowest BCUT2D eigenvalue weighted by Crippen LogP contribution is -2.24. The number of nitrogens with one attached hydrogen (secondary N) is 2. The SMILES string of the molecule is COC(=O)CCCCCCNC(=O)c1ccc(S(=O)(=O)Nc2ccc(C)c(C)c2)cc1. The number of rotatable bonds is 11. The predicted molar refractivity (Wildman–Crippen MR) is 121 cm³/mol. The third-order valence-electron chi connectivity index (χ3n) is 5.01. The topological polar surface area (TPSA) is 102 Å². The molecular formula is C23H30N2O5S. The van der Waals surface area contributed by atoms with Gasteiger partial charge in [0.25, 0.3) is 15.9 Å². The van der Waals surface area contributed by atoms with Crippen molar-refractivity contribution >= 4 is 27.6 Å². The molecule has 8 heteroatoms. The zero-order chi connectivity index (χ0) is 22.9. The Kier molecular flexibility index (Phi) is 9.05. The Labute approximate surface area is 184 Å². The highest BCUT2D eigenvalue weighted by atomic mass is 32.2. The van der Waals surface area contributed by atoms with Gasteiger partial charge in [0.2, 0.25) is 0 Å². The van der Waals surface area contributed by atoms with Gasteiger partial charge in [0, 0.05) is 24.2 Å². The Hall–Kier alpha value is -2.87. The number of hydrogen-bond donors (Lipinski definition) is 2. The Morgan fingerprint density at radius 2 is 1.58 bits per heavy atom. The average Bonchev–Trinajstić information content (AvgIpc) is 2.75. The van der Waals surface area contributed by atoms with Crippen LogP contribution in [0, 0.1) is 13.8 Å². The minimum Gasteiger partial charge on any atom is -0.469 e. The molecule has 2 N–H and O–H groups in total. The molecule has 2 aromatic rings. The van der Waals surface area contributed by atoms with Gasteiger partial charge >= 0.3 is 5.97 Å². The van der Waals surface area contributed by atoms with Crippen molar-refractivity contribution in [3.8, 4) is 0 Å². The Morgan fingerprint density at radius 3 is 2.23 bits per heavy atom. The van der Waals surface area contributed by atoms with E-state index < -0.39 is 10.0 Å². The lowest BCUT2D eigenvalue weighted by atomic mass is 10.1. The summed E-state index contributed by atoms with van der Waals surface area (Å²) in [5, 5.41) is 2.82. The number of methoxy groups -OCH3 is 1. The molecule has 168 valence electrons. The first-order chi connectivity index (χ1) is 14.7. The third kappa shape index (κ3) is 7.71. The molecule has 0 radical (unpaired) electrons. The number of sulfonamides is 1. The van der Waals surface area contributed by atoms with Crippen LogP contribution in [0.25, 0.3) is 0 Å². The molecule has 0 aliphatic heterocycles. The molecule has 0 atom stereocenters. The number of ether oxygens (including phenoxy) is 1. The molecule has 0 heterocycles. The summed E-state index contributed by atoms with van der Waals surface area (Å²) in [5.41, 5.74) is 2.97. The van der Waals surface area contributed by atoms with Crippen LogP contribution in [0.2, 0.25) is 0 Å². The second-order valence-electron chi connectivity index (χ2n) is 7.43. The molecule has 0 bridgehead atoms. The molecule has 0 aliphatic rings. The number of carbonyl (C=O) groups excluding carboxylic acids is 2. The van der Waals surface area contributed by atoms with Crippen LogP contribution in [0.4, 0.5) is 5.69 Å². The van der Waals surface area contributed by atoms with Crippen LogP contribution in [0.3, 0.4) is 0 Å². The minimum absolute atomic E-state index is 0.0906. The van der Waals surface area contributed by atoms with Crippen LogP contribution in [-0.2, 0) is 19.6 Å². The zero-order valence-electron chi connectivity index (χ0n) is 18.2. The maximum Gasteiger partial charge on any atom is 0.305 e. The molecule has 0 spiro atoms. The van der Waals surface area contributed by atoms with Crippen molar-refractivity contribution in [2.45, 2.75) is 50.8 Å². The number of anilines is 1. The van der Waals surface area contributed by atoms with Crippen LogP contribution in [0.1, 0.15) is 53.6 Å². The smallest absolute Gasteiger partial charge is 0.305 e. The molecule has 0 saturated heterocycles. The molecule has 1 amide bonds. The molecule has 31 heavy (non-hydrogen) atoms. The number of esters is 1. The monoisotopic (exact) mass is 446 g/mol. The van der Waals surface area contributed by atoms with Gasteiger partial charge in [-0.3, -0.25) is 14.3 Å². The van der Waals surface area contributed by atoms with Gasteiger partial charge in [-0.2, -0.15) is 0 Å². The second kappa shape index (κ2) is 11.5. The van der Waals surface area contributed by atoms with Gasteiger partial charge in [-0.15, -0.1) is 0 Å². The van der Waals surface area contributed by atoms with Gasteiger partial charge in [0.15, 0.2) is 0 Å². The first-order valence-corrected chi connectivity index (χ1v) is 11.8. The fraction of sp³-hybridized carbons (Fsp3) is 0.391. The predicted octanol–water partition coefficient (Wildman–Crippen LogP) is 3.96. The van der Waals surface area contributed by atoms with Crippen molar-refractivity contribution in [3.63, 3.8) is 0 Å². The van der Waals surface area contributed by atoms with E-state index in [-0.39, 0.29) is 16.8 Å². The highest BCUT2D eigenvalue weighted by Gasteiger charge is 2.15. The summed E-state index contributed by atoms with van der Waals surface area (Å²) >= 11 is 0. The van der Waals surface area contributed by atoms with E-state index in [1.54, 1.807) is 12.1 Å². The van der Waals surface area contributed by atoms with E-state index in [9.17, 15) is 18.0 Å². The maximum absolute atomic E-state index is 12.6. The Bertz CT molecular complexity index is 1000. The van der Waals surface area contributed by atoms with Crippen molar-refractivity contribution in [1.29, 1.82) is 0 Å². The third-order valence-corrected chi connectivity index (χ3v) is 6.40. The standard InChI is InChI=1S/C23H30N2O5S/c1-17-9-12-20(16-18(17)2)25-31(28,29)21-13-10-19(11-14-21)23(27)24-15-7-5-4-6-8-22(26)30-3/h9-14,16,25H,4-8,15H2,1-3H3,(H,24,27). The summed E-state index contributed by atoms with van der Waals surface area (Å²) in [5.74, 6) is -0.455. The number of amides is 1. The molecule has 0 unspecified atom stereocenters. The molecule has 0 saturated carbocycles. The lowest BCUT2D eigenvalue weighted by Gasteiger charge is -2.10. The molecular weight excluding hydrogens is 416 g/mol. The number of hydrogen-bond acceptors (Lipinski definition) is 5. The van der Waals surface area contributed by atoms with Crippen molar-refractivity contribution in [3.05, 3.63) is 59.2 Å². The lowest BCUT2D eigenvalue weighted by molar-refractivity contribution is -0.140. The quantitative estimate of drug-likeness (QED) is 0.402. The van der Waals surface area contributed by atoms with E-state index in [0.29, 0.717) is 24.2 Å². The number of benzene rings is 2. The van der Waals surface area contributed by atoms with Crippen molar-refractivity contribution in [2.75, 3.05) is 18.4 Å². The highest BCUT2D eigenvalue weighted by Crippen LogP contribution is 2.19. The van der Waals surface area contributed by atoms with Crippen LogP contribution in [0.15, 0.2) is 47.4 Å². The van der Waals surface area contributed by atoms with Gasteiger partial charge in [-0.1, -0.05) is 18.9 Å². The first kappa shape index (κ1) is 24.4. The summed E-state index contributed by atoms with van der Waals surface area (Å²) in [6, 6.07) is 11.2. The second-order valence-corrected chi connectivity index (χ2v) is 9.11. The summed E-state index contributed by atoms with van der Waals surface area (Å²) < 4.78 is 32.3. The largest absolute Gasteiger partial charge is 0.469 e. The Balaban J connectivity index is 1.82. The molecule has 0 aromatic heterocycles. The van der Waals surface area contributed by atoms with Crippen LogP contribution < -0.4 is 10.0 Å². The normalized spacial score (nSPS) is 11.1. The average molecular weight is 447 g/mol. The maximum atomic E-state index is 12.6. The van der Waals surface area contributed by atoms with Gasteiger partial charge in [-0.05, 0) is 74.2 Å². The van der Waals surface area contributed by atoms with E-state index >= 15 is 0 Å². The molecule has 2 aromatic carbocycles. The fourth-order valence-electron chi connectivity index (χ4n) is 2.96. The van der Waals surface area contributed by atoms with Crippen LogP contribution in [-0.4, -0.2) is 33.9 Å². The zero-order valence-corrected chi connectivity index (χ0v) is 19.1.